The zero-order valence-electron chi connectivity index (χ0n) is 26.3. The van der Waals surface area contributed by atoms with Crippen LogP contribution in [-0.2, 0) is 4.79 Å². The third kappa shape index (κ3) is 12.9. The maximum atomic E-state index is 12.6. The van der Waals surface area contributed by atoms with Crippen molar-refractivity contribution in [2.75, 3.05) is 28.4 Å². The van der Waals surface area contributed by atoms with Crippen LogP contribution in [0.1, 0.15) is 95.1 Å². The normalized spacial score (nSPS) is 11.5. The Balaban J connectivity index is 1.76. The lowest BCUT2D eigenvalue weighted by Crippen LogP contribution is -2.08. The summed E-state index contributed by atoms with van der Waals surface area (Å²) in [4.78, 5) is 12.6. The monoisotopic (exact) mass is 578 g/mol. The van der Waals surface area contributed by atoms with E-state index in [2.05, 4.69) is 31.2 Å². The molecule has 6 nitrogen and oxygen atoms in total. The summed E-state index contributed by atoms with van der Waals surface area (Å²) in [5, 5.41) is 0. The summed E-state index contributed by atoms with van der Waals surface area (Å²) in [5.41, 5.74) is 1.74. The van der Waals surface area contributed by atoms with E-state index < -0.39 is 0 Å². The van der Waals surface area contributed by atoms with Crippen molar-refractivity contribution in [1.29, 1.82) is 0 Å². The van der Waals surface area contributed by atoms with Gasteiger partial charge in [-0.05, 0) is 73.9 Å². The number of methoxy groups -OCH3 is 4. The van der Waals surface area contributed by atoms with E-state index in [1.165, 1.54) is 38.5 Å². The molecule has 2 aromatic rings. The summed E-state index contributed by atoms with van der Waals surface area (Å²) >= 11 is 0. The van der Waals surface area contributed by atoms with Gasteiger partial charge in [0, 0.05) is 6.42 Å². The average molecular weight is 579 g/mol. The number of carbonyl (C=O) groups is 1. The first kappa shape index (κ1) is 34.5. The summed E-state index contributed by atoms with van der Waals surface area (Å²) in [6.07, 6.45) is 26.0. The quantitative estimate of drug-likeness (QED) is 0.0483. The van der Waals surface area contributed by atoms with Crippen LogP contribution in [0.5, 0.6) is 28.7 Å². The van der Waals surface area contributed by atoms with Crippen LogP contribution in [0.4, 0.5) is 0 Å². The molecule has 0 amide bonds. The number of benzene rings is 2. The van der Waals surface area contributed by atoms with Crippen molar-refractivity contribution in [2.45, 2.75) is 84.0 Å². The van der Waals surface area contributed by atoms with E-state index in [-0.39, 0.29) is 5.97 Å². The Morgan fingerprint density at radius 1 is 0.619 bits per heavy atom. The lowest BCUT2D eigenvalue weighted by Gasteiger charge is -2.13. The van der Waals surface area contributed by atoms with Crippen LogP contribution in [0, 0.1) is 0 Å². The molecule has 0 aliphatic carbocycles. The molecule has 0 aliphatic heterocycles. The predicted molar refractivity (Wildman–Crippen MR) is 173 cm³/mol. The van der Waals surface area contributed by atoms with Crippen LogP contribution in [0.25, 0.3) is 12.2 Å². The molecule has 230 valence electrons. The van der Waals surface area contributed by atoms with Gasteiger partial charge >= 0.3 is 5.97 Å². The van der Waals surface area contributed by atoms with Crippen molar-refractivity contribution in [3.8, 4) is 28.7 Å². The van der Waals surface area contributed by atoms with E-state index >= 15 is 0 Å². The Morgan fingerprint density at radius 3 is 1.81 bits per heavy atom. The topological polar surface area (TPSA) is 63.2 Å². The van der Waals surface area contributed by atoms with Crippen molar-refractivity contribution < 1.29 is 28.5 Å². The van der Waals surface area contributed by atoms with Gasteiger partial charge in [0.25, 0.3) is 0 Å². The Kier molecular flexibility index (Phi) is 17.3. The van der Waals surface area contributed by atoms with Gasteiger partial charge in [0.1, 0.15) is 0 Å². The molecule has 0 bridgehead atoms. The first-order chi connectivity index (χ1) is 20.6. The van der Waals surface area contributed by atoms with Gasteiger partial charge in [-0.15, -0.1) is 0 Å². The molecule has 2 rings (SSSR count). The second kappa shape index (κ2) is 21.1. The highest BCUT2D eigenvalue weighted by molar-refractivity contribution is 5.76. The van der Waals surface area contributed by atoms with Crippen molar-refractivity contribution >= 4 is 18.1 Å². The average Bonchev–Trinajstić information content (AvgIpc) is 3.01. The van der Waals surface area contributed by atoms with Crippen molar-refractivity contribution in [3.63, 3.8) is 0 Å². The second-order valence-electron chi connectivity index (χ2n) is 10.2. The highest BCUT2D eigenvalue weighted by Crippen LogP contribution is 2.39. The Hall–Kier alpha value is -3.67. The van der Waals surface area contributed by atoms with Gasteiger partial charge in [-0.2, -0.15) is 0 Å². The SMILES string of the molecule is CCCCC/C=C\C/C=C\CCCCCCCC(=O)Oc1cc(/C=C/c2cc(OC)c(OC)c(OC)c2)ccc1OC. The van der Waals surface area contributed by atoms with Gasteiger partial charge in [-0.25, -0.2) is 0 Å². The van der Waals surface area contributed by atoms with Crippen molar-refractivity contribution in [3.05, 3.63) is 65.8 Å². The lowest BCUT2D eigenvalue weighted by molar-refractivity contribution is -0.134. The third-order valence-electron chi connectivity index (χ3n) is 6.90. The first-order valence-corrected chi connectivity index (χ1v) is 15.2. The van der Waals surface area contributed by atoms with Gasteiger partial charge < -0.3 is 23.7 Å². The Bertz CT molecular complexity index is 1120. The lowest BCUT2D eigenvalue weighted by atomic mass is 10.1. The number of carbonyl (C=O) groups excluding carboxylic acids is 1. The summed E-state index contributed by atoms with van der Waals surface area (Å²) in [6.45, 7) is 2.24. The van der Waals surface area contributed by atoms with Gasteiger partial charge in [-0.3, -0.25) is 4.79 Å². The van der Waals surface area contributed by atoms with E-state index in [9.17, 15) is 4.79 Å². The molecule has 42 heavy (non-hydrogen) atoms. The third-order valence-corrected chi connectivity index (χ3v) is 6.90. The van der Waals surface area contributed by atoms with Crippen LogP contribution in [0.3, 0.4) is 0 Å². The molecule has 0 unspecified atom stereocenters. The first-order valence-electron chi connectivity index (χ1n) is 15.2. The fourth-order valence-corrected chi connectivity index (χ4v) is 4.52. The van der Waals surface area contributed by atoms with Crippen molar-refractivity contribution in [1.82, 2.24) is 0 Å². The highest BCUT2D eigenvalue weighted by atomic mass is 16.6. The fourth-order valence-electron chi connectivity index (χ4n) is 4.52. The minimum Gasteiger partial charge on any atom is -0.493 e. The second-order valence-corrected chi connectivity index (χ2v) is 10.2. The van der Waals surface area contributed by atoms with Gasteiger partial charge in [0.05, 0.1) is 28.4 Å². The number of rotatable bonds is 21. The van der Waals surface area contributed by atoms with Crippen LogP contribution < -0.4 is 23.7 Å². The number of ether oxygens (including phenoxy) is 5. The van der Waals surface area contributed by atoms with Crippen LogP contribution in [0.15, 0.2) is 54.6 Å². The zero-order valence-corrected chi connectivity index (χ0v) is 26.3. The molecule has 6 heteroatoms. The molecule has 0 spiro atoms. The molecule has 0 heterocycles. The number of allylic oxidation sites excluding steroid dienone is 4. The van der Waals surface area contributed by atoms with Crippen molar-refractivity contribution in [2.24, 2.45) is 0 Å². The Labute approximate surface area is 253 Å². The molecule has 0 aromatic heterocycles. The van der Waals surface area contributed by atoms with Gasteiger partial charge in [0.2, 0.25) is 5.75 Å². The molecule has 2 aromatic carbocycles. The molecular weight excluding hydrogens is 528 g/mol. The fraction of sp³-hybridized carbons (Fsp3) is 0.472. The van der Waals surface area contributed by atoms with E-state index in [4.69, 9.17) is 23.7 Å². The highest BCUT2D eigenvalue weighted by Gasteiger charge is 2.13. The summed E-state index contributed by atoms with van der Waals surface area (Å²) in [6, 6.07) is 9.25. The molecular formula is C36H50O6. The standard InChI is InChI=1S/C36H50O6/c1-6-7-8-9-10-11-12-13-14-15-16-17-18-19-20-21-35(37)42-32-26-29(24-25-31(32)38-2)22-23-30-27-33(39-3)36(41-5)34(28-30)40-4/h10-11,13-14,22-28H,6-9,12,15-21H2,1-5H3/b11-10-,14-13-,23-22+. The van der Waals surface area contributed by atoms with E-state index in [1.54, 1.807) is 40.6 Å². The predicted octanol–water partition coefficient (Wildman–Crippen LogP) is 9.61. The maximum absolute atomic E-state index is 12.6. The molecule has 0 fully saturated rings. The molecule has 0 N–H and O–H groups in total. The maximum Gasteiger partial charge on any atom is 0.311 e. The molecule has 0 aliphatic rings. The number of hydrogen-bond acceptors (Lipinski definition) is 6. The zero-order chi connectivity index (χ0) is 30.4. The van der Waals surface area contributed by atoms with E-state index in [0.29, 0.717) is 35.2 Å². The van der Waals surface area contributed by atoms with Crippen LogP contribution >= 0.6 is 0 Å². The van der Waals surface area contributed by atoms with Crippen LogP contribution in [0.2, 0.25) is 0 Å². The molecule has 0 atom stereocenters. The largest absolute Gasteiger partial charge is 0.493 e. The van der Waals surface area contributed by atoms with Gasteiger partial charge in [0.15, 0.2) is 23.0 Å². The van der Waals surface area contributed by atoms with E-state index in [0.717, 1.165) is 43.2 Å². The summed E-state index contributed by atoms with van der Waals surface area (Å²) < 4.78 is 27.4. The Morgan fingerprint density at radius 2 is 1.19 bits per heavy atom. The minimum absolute atomic E-state index is 0.246. The van der Waals surface area contributed by atoms with Crippen LogP contribution in [-0.4, -0.2) is 34.4 Å². The minimum atomic E-state index is -0.246. The summed E-state index contributed by atoms with van der Waals surface area (Å²) in [7, 11) is 6.32. The summed E-state index contributed by atoms with van der Waals surface area (Å²) in [5.74, 6) is 2.39. The molecule has 0 radical (unpaired) electrons. The number of hydrogen-bond donors (Lipinski definition) is 0. The van der Waals surface area contributed by atoms with E-state index in [1.807, 2.05) is 30.4 Å². The molecule has 0 saturated carbocycles. The number of esters is 1. The smallest absolute Gasteiger partial charge is 0.311 e. The number of unbranched alkanes of at least 4 members (excludes halogenated alkanes) is 8. The van der Waals surface area contributed by atoms with Gasteiger partial charge in [-0.1, -0.05) is 81.6 Å². The molecule has 0 saturated heterocycles.